The molecule has 0 fully saturated rings. The van der Waals surface area contributed by atoms with Gasteiger partial charge in [0, 0.05) is 13.2 Å². The van der Waals surface area contributed by atoms with Gasteiger partial charge in [0.05, 0.1) is 0 Å². The van der Waals surface area contributed by atoms with Gasteiger partial charge in [-0.25, -0.2) is 0 Å². The second-order valence-corrected chi connectivity index (χ2v) is 2.17. The van der Waals surface area contributed by atoms with Crippen LogP contribution in [0.15, 0.2) is 0 Å². The highest BCUT2D eigenvalue weighted by Crippen LogP contribution is 1.82. The topological polar surface area (TPSA) is 21.3 Å². The summed E-state index contributed by atoms with van der Waals surface area (Å²) in [6.45, 7) is 9.56. The Morgan fingerprint density at radius 2 is 2.20 bits per heavy atom. The zero-order valence-electron chi connectivity index (χ0n) is 6.86. The van der Waals surface area contributed by atoms with Crippen molar-refractivity contribution < 1.29 is 4.74 Å². The fourth-order valence-electron chi connectivity index (χ4n) is 0.680. The van der Waals surface area contributed by atoms with Gasteiger partial charge >= 0.3 is 0 Å². The molecule has 61 valence electrons. The van der Waals surface area contributed by atoms with Crippen LogP contribution in [-0.2, 0) is 4.74 Å². The highest BCUT2D eigenvalue weighted by atomic mass is 16.5. The van der Waals surface area contributed by atoms with Gasteiger partial charge in [-0.3, -0.25) is 0 Å². The summed E-state index contributed by atoms with van der Waals surface area (Å²) in [5.41, 5.74) is 0. The van der Waals surface area contributed by atoms with E-state index in [1.807, 2.05) is 0 Å². The van der Waals surface area contributed by atoms with Crippen LogP contribution in [0.5, 0.6) is 0 Å². The van der Waals surface area contributed by atoms with Crippen LogP contribution in [0.1, 0.15) is 19.8 Å². The number of rotatable bonds is 7. The summed E-state index contributed by atoms with van der Waals surface area (Å²) in [6, 6.07) is 0. The molecule has 0 aliphatic rings. The minimum atomic E-state index is 0.798. The smallest absolute Gasteiger partial charge is 0.0478 e. The lowest BCUT2D eigenvalue weighted by atomic mass is 10.4. The van der Waals surface area contributed by atoms with Crippen LogP contribution in [0.3, 0.4) is 0 Å². The molecule has 0 aliphatic heterocycles. The maximum absolute atomic E-state index is 5.23. The molecule has 0 heterocycles. The molecule has 0 saturated heterocycles. The molecule has 1 N–H and O–H groups in total. The number of hydrogen-bond donors (Lipinski definition) is 1. The fraction of sp³-hybridized carbons (Fsp3) is 0.875. The van der Waals surface area contributed by atoms with E-state index in [0.717, 1.165) is 39.1 Å². The van der Waals surface area contributed by atoms with Crippen LogP contribution in [0.25, 0.3) is 0 Å². The van der Waals surface area contributed by atoms with E-state index in [-0.39, 0.29) is 0 Å². The summed E-state index contributed by atoms with van der Waals surface area (Å²) in [5, 5.41) is 3.23. The first-order valence-corrected chi connectivity index (χ1v) is 3.99. The first-order chi connectivity index (χ1) is 4.91. The lowest BCUT2D eigenvalue weighted by molar-refractivity contribution is 0.136. The Balaban J connectivity index is 2.65. The van der Waals surface area contributed by atoms with Gasteiger partial charge in [-0.2, -0.15) is 0 Å². The lowest BCUT2D eigenvalue weighted by Crippen LogP contribution is -2.15. The van der Waals surface area contributed by atoms with Crippen LogP contribution < -0.4 is 5.32 Å². The van der Waals surface area contributed by atoms with Crippen LogP contribution in [-0.4, -0.2) is 26.3 Å². The van der Waals surface area contributed by atoms with Crippen LogP contribution in [0.2, 0.25) is 0 Å². The monoisotopic (exact) mass is 144 g/mol. The van der Waals surface area contributed by atoms with E-state index >= 15 is 0 Å². The van der Waals surface area contributed by atoms with E-state index in [4.69, 9.17) is 4.74 Å². The third-order valence-electron chi connectivity index (χ3n) is 1.18. The van der Waals surface area contributed by atoms with Crippen molar-refractivity contribution in [1.29, 1.82) is 0 Å². The number of hydrogen-bond acceptors (Lipinski definition) is 2. The molecule has 2 heteroatoms. The summed E-state index contributed by atoms with van der Waals surface area (Å²) in [7, 11) is 0. The summed E-state index contributed by atoms with van der Waals surface area (Å²) < 4.78 is 5.23. The molecule has 0 aliphatic carbocycles. The van der Waals surface area contributed by atoms with E-state index in [0.29, 0.717) is 0 Å². The first kappa shape index (κ1) is 9.92. The Labute approximate surface area is 64.0 Å². The third kappa shape index (κ3) is 7.92. The van der Waals surface area contributed by atoms with E-state index in [1.54, 1.807) is 0 Å². The normalized spacial score (nSPS) is 10.2. The van der Waals surface area contributed by atoms with Gasteiger partial charge in [-0.1, -0.05) is 13.8 Å². The minimum absolute atomic E-state index is 0.798. The second kappa shape index (κ2) is 8.92. The zero-order chi connectivity index (χ0) is 7.66. The molecule has 0 spiro atoms. The van der Waals surface area contributed by atoms with Gasteiger partial charge in [0.15, 0.2) is 0 Å². The van der Waals surface area contributed by atoms with Crippen molar-refractivity contribution in [1.82, 2.24) is 5.32 Å². The van der Waals surface area contributed by atoms with Gasteiger partial charge in [0.25, 0.3) is 0 Å². The number of ether oxygens (including phenoxy) is 1. The Morgan fingerprint density at radius 1 is 1.40 bits per heavy atom. The molecule has 0 aromatic heterocycles. The molecular weight excluding hydrogens is 126 g/mol. The maximum atomic E-state index is 5.23. The largest absolute Gasteiger partial charge is 0.381 e. The average molecular weight is 144 g/mol. The standard InChI is InChI=1S/C8H18NO/c1-3-7-10-8-5-6-9-4-2/h9H,1,3-8H2,2H3. The lowest BCUT2D eigenvalue weighted by Gasteiger charge is -2.01. The first-order valence-electron chi connectivity index (χ1n) is 3.99. The molecule has 0 aromatic rings. The Morgan fingerprint density at radius 3 is 2.80 bits per heavy atom. The van der Waals surface area contributed by atoms with Crippen molar-refractivity contribution in [2.45, 2.75) is 19.8 Å². The second-order valence-electron chi connectivity index (χ2n) is 2.17. The minimum Gasteiger partial charge on any atom is -0.381 e. The Kier molecular flexibility index (Phi) is 8.85. The number of nitrogens with one attached hydrogen (secondary N) is 1. The van der Waals surface area contributed by atoms with Crippen molar-refractivity contribution in [3.05, 3.63) is 6.92 Å². The van der Waals surface area contributed by atoms with Crippen molar-refractivity contribution in [3.8, 4) is 0 Å². The predicted octanol–water partition coefficient (Wildman–Crippen LogP) is 1.23. The van der Waals surface area contributed by atoms with Crippen LogP contribution in [0, 0.1) is 6.92 Å². The molecule has 0 unspecified atom stereocenters. The summed E-state index contributed by atoms with van der Waals surface area (Å²) in [5.74, 6) is 0. The summed E-state index contributed by atoms with van der Waals surface area (Å²) >= 11 is 0. The molecule has 0 rings (SSSR count). The van der Waals surface area contributed by atoms with Crippen LogP contribution >= 0.6 is 0 Å². The van der Waals surface area contributed by atoms with E-state index < -0.39 is 0 Å². The summed E-state index contributed by atoms with van der Waals surface area (Å²) in [6.07, 6.45) is 1.98. The van der Waals surface area contributed by atoms with E-state index in [9.17, 15) is 0 Å². The quantitative estimate of drug-likeness (QED) is 0.543. The molecule has 0 atom stereocenters. The van der Waals surface area contributed by atoms with Crippen LogP contribution in [0.4, 0.5) is 0 Å². The van der Waals surface area contributed by atoms with Gasteiger partial charge in [-0.15, -0.1) is 0 Å². The van der Waals surface area contributed by atoms with Crippen molar-refractivity contribution in [2.24, 2.45) is 0 Å². The van der Waals surface area contributed by atoms with Crippen molar-refractivity contribution in [2.75, 3.05) is 26.3 Å². The highest BCUT2D eigenvalue weighted by molar-refractivity contribution is 4.43. The van der Waals surface area contributed by atoms with Gasteiger partial charge in [0.2, 0.25) is 0 Å². The SMILES string of the molecule is [CH2]CCOCCCNCC. The molecular formula is C8H18NO. The Hall–Kier alpha value is -0.0800. The third-order valence-corrected chi connectivity index (χ3v) is 1.18. The fourth-order valence-corrected chi connectivity index (χ4v) is 0.680. The van der Waals surface area contributed by atoms with E-state index in [2.05, 4.69) is 19.2 Å². The maximum Gasteiger partial charge on any atom is 0.0478 e. The van der Waals surface area contributed by atoms with Gasteiger partial charge < -0.3 is 10.1 Å². The molecule has 2 nitrogen and oxygen atoms in total. The predicted molar refractivity (Wildman–Crippen MR) is 44.0 cm³/mol. The molecule has 0 bridgehead atoms. The van der Waals surface area contributed by atoms with Crippen molar-refractivity contribution >= 4 is 0 Å². The molecule has 0 aromatic carbocycles. The highest BCUT2D eigenvalue weighted by Gasteiger charge is 1.85. The van der Waals surface area contributed by atoms with Crippen molar-refractivity contribution in [3.63, 3.8) is 0 Å². The van der Waals surface area contributed by atoms with Gasteiger partial charge in [-0.05, 0) is 25.9 Å². The Bertz CT molecular complexity index is 49.2. The summed E-state index contributed by atoms with van der Waals surface area (Å²) in [4.78, 5) is 0. The molecule has 10 heavy (non-hydrogen) atoms. The van der Waals surface area contributed by atoms with Gasteiger partial charge in [0.1, 0.15) is 0 Å². The molecule has 0 amide bonds. The zero-order valence-corrected chi connectivity index (χ0v) is 6.86. The van der Waals surface area contributed by atoms with E-state index in [1.165, 1.54) is 0 Å². The average Bonchev–Trinajstić information content (AvgIpc) is 1.97. The molecule has 1 radical (unpaired) electrons. The molecule has 0 saturated carbocycles.